The van der Waals surface area contributed by atoms with Gasteiger partial charge in [0.05, 0.1) is 6.61 Å². The molecular weight excluding hydrogens is 324 g/mol. The van der Waals surface area contributed by atoms with Crippen molar-refractivity contribution in [2.24, 2.45) is 0 Å². The van der Waals surface area contributed by atoms with E-state index in [2.05, 4.69) is 32.3 Å². The zero-order chi connectivity index (χ0) is 14.4. The number of hydrogen-bond acceptors (Lipinski definition) is 3. The molecule has 0 radical (unpaired) electrons. The van der Waals surface area contributed by atoms with Crippen molar-refractivity contribution in [3.05, 3.63) is 40.6 Å². The van der Waals surface area contributed by atoms with Crippen LogP contribution in [0, 0.1) is 0 Å². The maximum atomic E-state index is 10.2. The Hall–Kier alpha value is -1.66. The van der Waals surface area contributed by atoms with Crippen LogP contribution in [0.3, 0.4) is 0 Å². The summed E-state index contributed by atoms with van der Waals surface area (Å²) < 4.78 is 6.49. The average molecular weight is 339 g/mol. The van der Waals surface area contributed by atoms with E-state index < -0.39 is 6.09 Å². The number of nitrogens with one attached hydrogen (secondary N) is 1. The summed E-state index contributed by atoms with van der Waals surface area (Å²) in [5.41, 5.74) is 1.08. The molecule has 1 amide bonds. The number of halogens is 1. The predicted octanol–water partition coefficient (Wildman–Crippen LogP) is 3.17. The van der Waals surface area contributed by atoms with Gasteiger partial charge in [0.25, 0.3) is 0 Å². The molecule has 0 aliphatic heterocycles. The molecule has 0 unspecified atom stereocenters. The number of pyridine rings is 1. The summed E-state index contributed by atoms with van der Waals surface area (Å²) in [6.07, 6.45) is 3.25. The van der Waals surface area contributed by atoms with E-state index in [9.17, 15) is 4.79 Å². The summed E-state index contributed by atoms with van der Waals surface area (Å²) in [4.78, 5) is 14.4. The SMILES string of the molecule is O=C(O)NCCCOCc1ccc2cncc(Br)c2c1. The second-order valence-corrected chi connectivity index (χ2v) is 5.17. The van der Waals surface area contributed by atoms with Gasteiger partial charge in [-0.1, -0.05) is 12.1 Å². The molecule has 2 rings (SSSR count). The molecule has 0 spiro atoms. The van der Waals surface area contributed by atoms with Crippen LogP contribution >= 0.6 is 15.9 Å². The minimum absolute atomic E-state index is 0.407. The fourth-order valence-electron chi connectivity index (χ4n) is 1.82. The van der Waals surface area contributed by atoms with E-state index in [1.54, 1.807) is 6.20 Å². The van der Waals surface area contributed by atoms with Crippen LogP contribution in [-0.2, 0) is 11.3 Å². The Balaban J connectivity index is 1.84. The molecule has 0 fully saturated rings. The first kappa shape index (κ1) is 14.7. The molecule has 2 N–H and O–H groups in total. The van der Waals surface area contributed by atoms with Gasteiger partial charge in [0.1, 0.15) is 0 Å². The molecule has 0 aliphatic rings. The van der Waals surface area contributed by atoms with Crippen LogP contribution < -0.4 is 5.32 Å². The third-order valence-corrected chi connectivity index (χ3v) is 3.42. The first-order valence-corrected chi connectivity index (χ1v) is 7.03. The minimum atomic E-state index is -1.00. The van der Waals surface area contributed by atoms with Crippen molar-refractivity contribution in [1.82, 2.24) is 10.3 Å². The third kappa shape index (κ3) is 4.18. The molecule has 106 valence electrons. The average Bonchev–Trinajstić information content (AvgIpc) is 2.43. The Morgan fingerprint density at radius 3 is 3.05 bits per heavy atom. The number of fused-ring (bicyclic) bond motifs is 1. The molecule has 0 atom stereocenters. The quantitative estimate of drug-likeness (QED) is 0.793. The molecule has 6 heteroatoms. The zero-order valence-corrected chi connectivity index (χ0v) is 12.4. The lowest BCUT2D eigenvalue weighted by Crippen LogP contribution is -2.22. The topological polar surface area (TPSA) is 71.5 Å². The molecule has 5 nitrogen and oxygen atoms in total. The maximum Gasteiger partial charge on any atom is 0.404 e. The van der Waals surface area contributed by atoms with Gasteiger partial charge < -0.3 is 15.2 Å². The fraction of sp³-hybridized carbons (Fsp3) is 0.286. The number of carbonyl (C=O) groups is 1. The molecule has 0 bridgehead atoms. The van der Waals surface area contributed by atoms with Gasteiger partial charge in [-0.2, -0.15) is 0 Å². The second-order valence-electron chi connectivity index (χ2n) is 4.31. The second kappa shape index (κ2) is 7.21. The van der Waals surface area contributed by atoms with E-state index in [0.717, 1.165) is 20.8 Å². The first-order chi connectivity index (χ1) is 9.66. The zero-order valence-electron chi connectivity index (χ0n) is 10.8. The van der Waals surface area contributed by atoms with E-state index in [0.29, 0.717) is 26.2 Å². The Morgan fingerprint density at radius 2 is 2.25 bits per heavy atom. The van der Waals surface area contributed by atoms with E-state index in [1.807, 2.05) is 18.3 Å². The predicted molar refractivity (Wildman–Crippen MR) is 79.7 cm³/mol. The number of carboxylic acid groups (broad SMARTS) is 1. The number of rotatable bonds is 6. The van der Waals surface area contributed by atoms with Crippen molar-refractivity contribution in [2.75, 3.05) is 13.2 Å². The third-order valence-electron chi connectivity index (χ3n) is 2.79. The van der Waals surface area contributed by atoms with Crippen molar-refractivity contribution < 1.29 is 14.6 Å². The van der Waals surface area contributed by atoms with Gasteiger partial charge >= 0.3 is 6.09 Å². The van der Waals surface area contributed by atoms with Crippen LogP contribution in [0.15, 0.2) is 35.1 Å². The van der Waals surface area contributed by atoms with Crippen molar-refractivity contribution in [3.63, 3.8) is 0 Å². The maximum absolute atomic E-state index is 10.2. The van der Waals surface area contributed by atoms with Gasteiger partial charge in [-0.3, -0.25) is 4.98 Å². The Morgan fingerprint density at radius 1 is 1.40 bits per heavy atom. The van der Waals surface area contributed by atoms with Crippen molar-refractivity contribution in [1.29, 1.82) is 0 Å². The minimum Gasteiger partial charge on any atom is -0.465 e. The highest BCUT2D eigenvalue weighted by Crippen LogP contribution is 2.23. The lowest BCUT2D eigenvalue weighted by Gasteiger charge is -2.06. The van der Waals surface area contributed by atoms with E-state index in [4.69, 9.17) is 9.84 Å². The Bertz CT molecular complexity index is 604. The number of nitrogens with zero attached hydrogens (tertiary/aromatic N) is 1. The lowest BCUT2D eigenvalue weighted by atomic mass is 10.1. The van der Waals surface area contributed by atoms with Crippen molar-refractivity contribution >= 4 is 32.8 Å². The molecule has 2 aromatic rings. The standard InChI is InChI=1S/C14H15BrN2O3/c15-13-8-16-7-11-3-2-10(6-12(11)13)9-20-5-1-4-17-14(18)19/h2-3,6-8,17H,1,4-5,9H2,(H,18,19). The summed E-state index contributed by atoms with van der Waals surface area (Å²) in [6, 6.07) is 6.08. The van der Waals surface area contributed by atoms with E-state index >= 15 is 0 Å². The summed E-state index contributed by atoms with van der Waals surface area (Å²) in [6.45, 7) is 1.44. The molecule has 20 heavy (non-hydrogen) atoms. The fourth-order valence-corrected chi connectivity index (χ4v) is 2.29. The van der Waals surface area contributed by atoms with Gasteiger partial charge in [0.2, 0.25) is 0 Å². The molecular formula is C14H15BrN2O3. The highest BCUT2D eigenvalue weighted by molar-refractivity contribution is 9.10. The van der Waals surface area contributed by atoms with E-state index in [1.165, 1.54) is 0 Å². The van der Waals surface area contributed by atoms with Crippen LogP contribution in [0.1, 0.15) is 12.0 Å². The van der Waals surface area contributed by atoms with Crippen LogP contribution in [0.25, 0.3) is 10.8 Å². The number of aromatic nitrogens is 1. The van der Waals surface area contributed by atoms with Gasteiger partial charge in [-0.15, -0.1) is 0 Å². The number of hydrogen-bond donors (Lipinski definition) is 2. The van der Waals surface area contributed by atoms with Gasteiger partial charge in [0.15, 0.2) is 0 Å². The van der Waals surface area contributed by atoms with Crippen molar-refractivity contribution in [2.45, 2.75) is 13.0 Å². The summed E-state index contributed by atoms with van der Waals surface area (Å²) in [7, 11) is 0. The normalized spacial score (nSPS) is 10.7. The molecule has 0 saturated carbocycles. The van der Waals surface area contributed by atoms with Crippen molar-refractivity contribution in [3.8, 4) is 0 Å². The molecule has 0 aliphatic carbocycles. The van der Waals surface area contributed by atoms with E-state index in [-0.39, 0.29) is 0 Å². The monoisotopic (exact) mass is 338 g/mol. The summed E-state index contributed by atoms with van der Waals surface area (Å²) in [5, 5.41) is 12.9. The summed E-state index contributed by atoms with van der Waals surface area (Å²) >= 11 is 3.48. The molecule has 0 saturated heterocycles. The van der Waals surface area contributed by atoms with Gasteiger partial charge in [-0.25, -0.2) is 4.79 Å². The molecule has 1 aromatic carbocycles. The lowest BCUT2D eigenvalue weighted by molar-refractivity contribution is 0.118. The first-order valence-electron chi connectivity index (χ1n) is 6.23. The van der Waals surface area contributed by atoms with Crippen LogP contribution in [0.2, 0.25) is 0 Å². The number of benzene rings is 1. The summed E-state index contributed by atoms with van der Waals surface area (Å²) in [5.74, 6) is 0. The number of ether oxygens (including phenoxy) is 1. The Labute approximate surface area is 125 Å². The Kier molecular flexibility index (Phi) is 5.31. The van der Waals surface area contributed by atoms with Gasteiger partial charge in [-0.05, 0) is 39.4 Å². The number of amides is 1. The molecule has 1 aromatic heterocycles. The van der Waals surface area contributed by atoms with Crippen LogP contribution in [-0.4, -0.2) is 29.3 Å². The van der Waals surface area contributed by atoms with Gasteiger partial charge in [0, 0.05) is 35.4 Å². The smallest absolute Gasteiger partial charge is 0.404 e. The largest absolute Gasteiger partial charge is 0.465 e. The molecule has 1 heterocycles. The highest BCUT2D eigenvalue weighted by atomic mass is 79.9. The highest BCUT2D eigenvalue weighted by Gasteiger charge is 2.01. The van der Waals surface area contributed by atoms with Crippen LogP contribution in [0.5, 0.6) is 0 Å². The van der Waals surface area contributed by atoms with Crippen LogP contribution in [0.4, 0.5) is 4.79 Å².